The average molecular weight is 381 g/mol. The molecule has 0 aliphatic carbocycles. The van der Waals surface area contributed by atoms with Gasteiger partial charge in [0.05, 0.1) is 19.3 Å². The molecule has 3 rings (SSSR count). The third-order valence-electron chi connectivity index (χ3n) is 5.20. The summed E-state index contributed by atoms with van der Waals surface area (Å²) in [5.74, 6) is 0.617. The van der Waals surface area contributed by atoms with E-state index in [9.17, 15) is 4.79 Å². The third kappa shape index (κ3) is 5.91. The minimum Gasteiger partial charge on any atom is -0.379 e. The lowest BCUT2D eigenvalue weighted by atomic mass is 10.00. The van der Waals surface area contributed by atoms with Crippen molar-refractivity contribution in [2.24, 2.45) is 5.92 Å². The molecule has 4 heteroatoms. The normalized spacial score (nSPS) is 16.1. The second kappa shape index (κ2) is 9.85. The first-order valence-electron chi connectivity index (χ1n) is 10.3. The number of amides is 1. The summed E-state index contributed by atoms with van der Waals surface area (Å²) in [5, 5.41) is 3.11. The Bertz CT molecular complexity index is 747. The maximum atomic E-state index is 12.6. The van der Waals surface area contributed by atoms with Gasteiger partial charge in [-0.05, 0) is 48.1 Å². The zero-order valence-electron chi connectivity index (χ0n) is 17.3. The summed E-state index contributed by atoms with van der Waals surface area (Å²) < 4.78 is 5.39. The van der Waals surface area contributed by atoms with Crippen LogP contribution in [0.25, 0.3) is 0 Å². The Balaban J connectivity index is 1.54. The van der Waals surface area contributed by atoms with E-state index in [-0.39, 0.29) is 11.9 Å². The average Bonchev–Trinajstić information content (AvgIpc) is 2.69. The number of morpholine rings is 1. The van der Waals surface area contributed by atoms with Crippen LogP contribution in [-0.4, -0.2) is 37.1 Å². The predicted octanol–water partition coefficient (Wildman–Crippen LogP) is 4.21. The Morgan fingerprint density at radius 2 is 1.57 bits per heavy atom. The van der Waals surface area contributed by atoms with Gasteiger partial charge < -0.3 is 10.1 Å². The highest BCUT2D eigenvalue weighted by Crippen LogP contribution is 2.17. The van der Waals surface area contributed by atoms with E-state index in [0.717, 1.165) is 44.8 Å². The van der Waals surface area contributed by atoms with E-state index in [4.69, 9.17) is 4.74 Å². The first-order chi connectivity index (χ1) is 13.5. The molecule has 1 aliphatic rings. The number of carbonyl (C=O) groups is 1. The molecule has 4 nitrogen and oxygen atoms in total. The zero-order valence-corrected chi connectivity index (χ0v) is 17.3. The van der Waals surface area contributed by atoms with E-state index in [2.05, 4.69) is 60.5 Å². The van der Waals surface area contributed by atoms with E-state index >= 15 is 0 Å². The van der Waals surface area contributed by atoms with Crippen LogP contribution < -0.4 is 5.32 Å². The molecule has 1 atom stereocenters. The molecule has 0 aromatic heterocycles. The Labute approximate surface area is 168 Å². The van der Waals surface area contributed by atoms with Gasteiger partial charge in [0.1, 0.15) is 0 Å². The number of nitrogens with one attached hydrogen (secondary N) is 1. The van der Waals surface area contributed by atoms with E-state index in [1.54, 1.807) is 0 Å². The first kappa shape index (κ1) is 20.6. The molecular formula is C24H32N2O2. The van der Waals surface area contributed by atoms with Gasteiger partial charge in [-0.15, -0.1) is 0 Å². The van der Waals surface area contributed by atoms with Crippen LogP contribution in [-0.2, 0) is 17.7 Å². The molecule has 1 saturated heterocycles. The summed E-state index contributed by atoms with van der Waals surface area (Å²) in [6, 6.07) is 16.5. The summed E-state index contributed by atoms with van der Waals surface area (Å²) >= 11 is 0. The summed E-state index contributed by atoms with van der Waals surface area (Å²) in [6.07, 6.45) is 1.08. The van der Waals surface area contributed by atoms with Crippen LogP contribution in [0.3, 0.4) is 0 Å². The summed E-state index contributed by atoms with van der Waals surface area (Å²) in [5.41, 5.74) is 4.40. The van der Waals surface area contributed by atoms with Crippen molar-refractivity contribution in [3.63, 3.8) is 0 Å². The summed E-state index contributed by atoms with van der Waals surface area (Å²) in [4.78, 5) is 15.0. The molecule has 0 spiro atoms. The van der Waals surface area contributed by atoms with E-state index in [1.807, 2.05) is 19.1 Å². The van der Waals surface area contributed by atoms with Crippen molar-refractivity contribution in [3.05, 3.63) is 70.8 Å². The number of rotatable bonds is 7. The molecule has 2 aromatic rings. The van der Waals surface area contributed by atoms with Gasteiger partial charge in [-0.1, -0.05) is 50.2 Å². The quantitative estimate of drug-likeness (QED) is 0.782. The lowest BCUT2D eigenvalue weighted by Crippen LogP contribution is -2.35. The Kier molecular flexibility index (Phi) is 7.24. The molecular weight excluding hydrogens is 348 g/mol. The Morgan fingerprint density at radius 3 is 2.18 bits per heavy atom. The SMILES string of the molecule is CC(C)Cc1ccc([C@@H](C)NC(=O)c2ccc(CN3CCOCC3)cc2)cc1. The predicted molar refractivity (Wildman–Crippen MR) is 113 cm³/mol. The smallest absolute Gasteiger partial charge is 0.251 e. The number of hydrogen-bond donors (Lipinski definition) is 1. The zero-order chi connectivity index (χ0) is 19.9. The molecule has 1 N–H and O–H groups in total. The highest BCUT2D eigenvalue weighted by atomic mass is 16.5. The molecule has 0 radical (unpaired) electrons. The van der Waals surface area contributed by atoms with Crippen molar-refractivity contribution >= 4 is 5.91 Å². The van der Waals surface area contributed by atoms with E-state index in [0.29, 0.717) is 11.5 Å². The second-order valence-corrected chi connectivity index (χ2v) is 8.12. The van der Waals surface area contributed by atoms with Gasteiger partial charge in [0.2, 0.25) is 0 Å². The highest BCUT2D eigenvalue weighted by molar-refractivity contribution is 5.94. The molecule has 0 saturated carbocycles. The van der Waals surface area contributed by atoms with E-state index < -0.39 is 0 Å². The Hall–Kier alpha value is -2.17. The van der Waals surface area contributed by atoms with Crippen molar-refractivity contribution in [1.82, 2.24) is 10.2 Å². The van der Waals surface area contributed by atoms with Crippen molar-refractivity contribution in [2.45, 2.75) is 39.8 Å². The fourth-order valence-electron chi connectivity index (χ4n) is 3.56. The van der Waals surface area contributed by atoms with Crippen molar-refractivity contribution in [3.8, 4) is 0 Å². The lowest BCUT2D eigenvalue weighted by Gasteiger charge is -2.26. The molecule has 0 bridgehead atoms. The lowest BCUT2D eigenvalue weighted by molar-refractivity contribution is 0.0342. The fourth-order valence-corrected chi connectivity index (χ4v) is 3.56. The van der Waals surface area contributed by atoms with Crippen LogP contribution in [0.2, 0.25) is 0 Å². The van der Waals surface area contributed by atoms with Crippen molar-refractivity contribution in [2.75, 3.05) is 26.3 Å². The van der Waals surface area contributed by atoms with Crippen LogP contribution in [0, 0.1) is 5.92 Å². The van der Waals surface area contributed by atoms with Crippen LogP contribution in [0.5, 0.6) is 0 Å². The Morgan fingerprint density at radius 1 is 0.964 bits per heavy atom. The minimum absolute atomic E-state index is 0.0198. The monoisotopic (exact) mass is 380 g/mol. The number of nitrogens with zero attached hydrogens (tertiary/aromatic N) is 1. The topological polar surface area (TPSA) is 41.6 Å². The van der Waals surface area contributed by atoms with Gasteiger partial charge in [0, 0.05) is 25.2 Å². The maximum Gasteiger partial charge on any atom is 0.251 e. The van der Waals surface area contributed by atoms with Crippen molar-refractivity contribution < 1.29 is 9.53 Å². The number of carbonyl (C=O) groups excluding carboxylic acids is 1. The minimum atomic E-state index is -0.0309. The third-order valence-corrected chi connectivity index (χ3v) is 5.20. The molecule has 1 amide bonds. The number of benzene rings is 2. The van der Waals surface area contributed by atoms with Gasteiger partial charge in [-0.25, -0.2) is 0 Å². The van der Waals surface area contributed by atoms with Gasteiger partial charge in [0.25, 0.3) is 5.91 Å². The van der Waals surface area contributed by atoms with Crippen molar-refractivity contribution in [1.29, 1.82) is 0 Å². The number of hydrogen-bond acceptors (Lipinski definition) is 3. The fraction of sp³-hybridized carbons (Fsp3) is 0.458. The molecule has 0 unspecified atom stereocenters. The second-order valence-electron chi connectivity index (χ2n) is 8.12. The number of ether oxygens (including phenoxy) is 1. The standard InChI is InChI=1S/C24H32N2O2/c1-18(2)16-20-4-8-22(9-5-20)19(3)25-24(27)23-10-6-21(7-11-23)17-26-12-14-28-15-13-26/h4-11,18-19H,12-17H2,1-3H3,(H,25,27)/t19-/m1/s1. The van der Waals surface area contributed by atoms with Gasteiger partial charge >= 0.3 is 0 Å². The molecule has 1 fully saturated rings. The summed E-state index contributed by atoms with van der Waals surface area (Å²) in [6.45, 7) is 10.9. The molecule has 1 heterocycles. The van der Waals surface area contributed by atoms with Crippen LogP contribution in [0.4, 0.5) is 0 Å². The molecule has 28 heavy (non-hydrogen) atoms. The van der Waals surface area contributed by atoms with Gasteiger partial charge in [-0.3, -0.25) is 9.69 Å². The van der Waals surface area contributed by atoms with Crippen LogP contribution >= 0.6 is 0 Å². The van der Waals surface area contributed by atoms with Crippen LogP contribution in [0.1, 0.15) is 53.9 Å². The highest BCUT2D eigenvalue weighted by Gasteiger charge is 2.13. The molecule has 2 aromatic carbocycles. The first-order valence-corrected chi connectivity index (χ1v) is 10.3. The molecule has 150 valence electrons. The van der Waals surface area contributed by atoms with Gasteiger partial charge in [-0.2, -0.15) is 0 Å². The largest absolute Gasteiger partial charge is 0.379 e. The maximum absolute atomic E-state index is 12.6. The van der Waals surface area contributed by atoms with Crippen LogP contribution in [0.15, 0.2) is 48.5 Å². The summed E-state index contributed by atoms with van der Waals surface area (Å²) in [7, 11) is 0. The van der Waals surface area contributed by atoms with Gasteiger partial charge in [0.15, 0.2) is 0 Å². The molecule has 1 aliphatic heterocycles. The van der Waals surface area contributed by atoms with E-state index in [1.165, 1.54) is 11.1 Å².